The van der Waals surface area contributed by atoms with Gasteiger partial charge in [0.05, 0.1) is 11.1 Å². The van der Waals surface area contributed by atoms with Crippen molar-refractivity contribution in [1.82, 2.24) is 0 Å². The molecule has 2 rings (SSSR count). The van der Waals surface area contributed by atoms with Crippen LogP contribution in [0.4, 0.5) is 13.2 Å². The van der Waals surface area contributed by atoms with Gasteiger partial charge in [0.25, 0.3) is 0 Å². The lowest BCUT2D eigenvalue weighted by Crippen LogP contribution is -2.04. The van der Waals surface area contributed by atoms with Crippen LogP contribution in [0.25, 0.3) is 0 Å². The monoisotopic (exact) mass is 286 g/mol. The Balaban J connectivity index is 2.23. The molecule has 0 fully saturated rings. The number of rotatable bonds is 3. The number of aliphatic hydroxyl groups is 1. The number of halogens is 4. The van der Waals surface area contributed by atoms with Crippen molar-refractivity contribution >= 4 is 11.6 Å². The maximum Gasteiger partial charge on any atom is 0.159 e. The average molecular weight is 287 g/mol. The van der Waals surface area contributed by atoms with E-state index in [1.807, 2.05) is 0 Å². The molecule has 0 amide bonds. The smallest absolute Gasteiger partial charge is 0.159 e. The van der Waals surface area contributed by atoms with Gasteiger partial charge in [0.1, 0.15) is 5.82 Å². The summed E-state index contributed by atoms with van der Waals surface area (Å²) >= 11 is 5.62. The lowest BCUT2D eigenvalue weighted by molar-refractivity contribution is 0.176. The Bertz CT molecular complexity index is 601. The molecule has 0 aromatic heterocycles. The predicted molar refractivity (Wildman–Crippen MR) is 66.4 cm³/mol. The molecule has 0 bridgehead atoms. The first-order valence-electron chi connectivity index (χ1n) is 5.55. The van der Waals surface area contributed by atoms with Crippen molar-refractivity contribution in [3.05, 3.63) is 70.0 Å². The molecule has 2 aromatic carbocycles. The molecule has 0 saturated heterocycles. The average Bonchev–Trinajstić information content (AvgIpc) is 2.38. The third-order valence-electron chi connectivity index (χ3n) is 2.77. The SMILES string of the molecule is OC(Cc1cccc(Cl)c1F)c1ccc(F)c(F)c1. The quantitative estimate of drug-likeness (QED) is 0.903. The highest BCUT2D eigenvalue weighted by atomic mass is 35.5. The second-order valence-corrected chi connectivity index (χ2v) is 4.51. The minimum absolute atomic E-state index is 0.0463. The van der Waals surface area contributed by atoms with Crippen molar-refractivity contribution in [3.63, 3.8) is 0 Å². The number of hydrogen-bond acceptors (Lipinski definition) is 1. The molecule has 0 spiro atoms. The van der Waals surface area contributed by atoms with Crippen molar-refractivity contribution in [1.29, 1.82) is 0 Å². The van der Waals surface area contributed by atoms with E-state index in [0.717, 1.165) is 12.1 Å². The van der Waals surface area contributed by atoms with E-state index in [4.69, 9.17) is 11.6 Å². The highest BCUT2D eigenvalue weighted by Gasteiger charge is 2.15. The summed E-state index contributed by atoms with van der Waals surface area (Å²) in [6.07, 6.45) is -1.21. The Morgan fingerprint density at radius 1 is 1.05 bits per heavy atom. The van der Waals surface area contributed by atoms with Gasteiger partial charge in [-0.3, -0.25) is 0 Å². The van der Waals surface area contributed by atoms with Crippen LogP contribution < -0.4 is 0 Å². The lowest BCUT2D eigenvalue weighted by atomic mass is 10.0. The minimum Gasteiger partial charge on any atom is -0.388 e. The maximum absolute atomic E-state index is 13.6. The van der Waals surface area contributed by atoms with E-state index in [1.165, 1.54) is 18.2 Å². The van der Waals surface area contributed by atoms with Gasteiger partial charge in [0.15, 0.2) is 11.6 Å². The molecule has 1 atom stereocenters. The molecule has 100 valence electrons. The van der Waals surface area contributed by atoms with E-state index in [1.54, 1.807) is 6.07 Å². The van der Waals surface area contributed by atoms with E-state index in [2.05, 4.69) is 0 Å². The van der Waals surface area contributed by atoms with Gasteiger partial charge in [-0.25, -0.2) is 13.2 Å². The number of aliphatic hydroxyl groups excluding tert-OH is 1. The predicted octanol–water partition coefficient (Wildman–Crippen LogP) is 4.03. The zero-order valence-corrected chi connectivity index (χ0v) is 10.5. The molecular weight excluding hydrogens is 277 g/mol. The molecule has 1 nitrogen and oxygen atoms in total. The molecule has 1 unspecified atom stereocenters. The van der Waals surface area contributed by atoms with Crippen molar-refractivity contribution in [3.8, 4) is 0 Å². The van der Waals surface area contributed by atoms with Crippen LogP contribution in [0.15, 0.2) is 36.4 Å². The number of benzene rings is 2. The molecule has 2 aromatic rings. The van der Waals surface area contributed by atoms with Crippen LogP contribution in [0.3, 0.4) is 0 Å². The summed E-state index contributed by atoms with van der Waals surface area (Å²) in [6, 6.07) is 7.49. The normalized spacial score (nSPS) is 12.5. The fourth-order valence-corrected chi connectivity index (χ4v) is 1.95. The summed E-state index contributed by atoms with van der Waals surface area (Å²) in [5.74, 6) is -2.67. The molecule has 0 radical (unpaired) electrons. The third kappa shape index (κ3) is 3.08. The summed E-state index contributed by atoms with van der Waals surface area (Å²) in [4.78, 5) is 0. The zero-order chi connectivity index (χ0) is 14.0. The van der Waals surface area contributed by atoms with Crippen molar-refractivity contribution in [2.75, 3.05) is 0 Å². The second kappa shape index (κ2) is 5.63. The molecule has 0 aliphatic rings. The summed E-state index contributed by atoms with van der Waals surface area (Å²) in [7, 11) is 0. The van der Waals surface area contributed by atoms with Crippen molar-refractivity contribution in [2.45, 2.75) is 12.5 Å². The van der Waals surface area contributed by atoms with Crippen LogP contribution in [0.1, 0.15) is 17.2 Å². The van der Waals surface area contributed by atoms with Gasteiger partial charge in [-0.05, 0) is 29.3 Å². The van der Waals surface area contributed by atoms with E-state index >= 15 is 0 Å². The Morgan fingerprint density at radius 3 is 2.47 bits per heavy atom. The van der Waals surface area contributed by atoms with E-state index in [0.29, 0.717) is 0 Å². The van der Waals surface area contributed by atoms with Crippen LogP contribution in [-0.4, -0.2) is 5.11 Å². The summed E-state index contributed by atoms with van der Waals surface area (Å²) in [5, 5.41) is 9.86. The first kappa shape index (κ1) is 13.9. The van der Waals surface area contributed by atoms with Crippen molar-refractivity contribution in [2.24, 2.45) is 0 Å². The summed E-state index contributed by atoms with van der Waals surface area (Å²) in [5.41, 5.74) is 0.392. The van der Waals surface area contributed by atoms with E-state index < -0.39 is 23.6 Å². The van der Waals surface area contributed by atoms with Crippen LogP contribution in [0.2, 0.25) is 5.02 Å². The minimum atomic E-state index is -1.14. The summed E-state index contributed by atoms with van der Waals surface area (Å²) < 4.78 is 39.5. The topological polar surface area (TPSA) is 20.2 Å². The lowest BCUT2D eigenvalue weighted by Gasteiger charge is -2.12. The van der Waals surface area contributed by atoms with Crippen LogP contribution >= 0.6 is 11.6 Å². The Labute approximate surface area is 113 Å². The molecule has 19 heavy (non-hydrogen) atoms. The molecule has 0 heterocycles. The van der Waals surface area contributed by atoms with Crippen LogP contribution in [0, 0.1) is 17.5 Å². The highest BCUT2D eigenvalue weighted by Crippen LogP contribution is 2.24. The first-order chi connectivity index (χ1) is 8.99. The van der Waals surface area contributed by atoms with Gasteiger partial charge >= 0.3 is 0 Å². The molecule has 0 aliphatic carbocycles. The fourth-order valence-electron chi connectivity index (χ4n) is 1.75. The van der Waals surface area contributed by atoms with Gasteiger partial charge < -0.3 is 5.11 Å². The first-order valence-corrected chi connectivity index (χ1v) is 5.92. The summed E-state index contributed by atoms with van der Waals surface area (Å²) in [6.45, 7) is 0. The Hall–Kier alpha value is -1.52. The maximum atomic E-state index is 13.6. The van der Waals surface area contributed by atoms with Gasteiger partial charge in [-0.15, -0.1) is 0 Å². The Kier molecular flexibility index (Phi) is 4.12. The Morgan fingerprint density at radius 2 is 1.79 bits per heavy atom. The zero-order valence-electron chi connectivity index (χ0n) is 9.71. The van der Waals surface area contributed by atoms with Crippen molar-refractivity contribution < 1.29 is 18.3 Å². The van der Waals surface area contributed by atoms with E-state index in [-0.39, 0.29) is 22.6 Å². The van der Waals surface area contributed by atoms with Crippen LogP contribution in [0.5, 0.6) is 0 Å². The molecule has 0 aliphatic heterocycles. The third-order valence-corrected chi connectivity index (χ3v) is 3.07. The van der Waals surface area contributed by atoms with Gasteiger partial charge in [-0.1, -0.05) is 29.8 Å². The largest absolute Gasteiger partial charge is 0.388 e. The fraction of sp³-hybridized carbons (Fsp3) is 0.143. The molecule has 1 N–H and O–H groups in total. The molecule has 0 saturated carbocycles. The van der Waals surface area contributed by atoms with Gasteiger partial charge in [0, 0.05) is 6.42 Å². The van der Waals surface area contributed by atoms with Crippen LogP contribution in [-0.2, 0) is 6.42 Å². The molecule has 5 heteroatoms. The highest BCUT2D eigenvalue weighted by molar-refractivity contribution is 6.30. The second-order valence-electron chi connectivity index (χ2n) is 4.11. The van der Waals surface area contributed by atoms with Gasteiger partial charge in [0.2, 0.25) is 0 Å². The molecular formula is C14H10ClF3O. The standard InChI is InChI=1S/C14H10ClF3O/c15-10-3-1-2-9(14(10)18)7-13(19)8-4-5-11(16)12(17)6-8/h1-6,13,19H,7H2. The van der Waals surface area contributed by atoms with E-state index in [9.17, 15) is 18.3 Å². The van der Waals surface area contributed by atoms with Gasteiger partial charge in [-0.2, -0.15) is 0 Å². The number of hydrogen-bond donors (Lipinski definition) is 1.